The third-order valence-corrected chi connectivity index (χ3v) is 6.69. The number of thioether (sulfide) groups is 1. The molecule has 0 unspecified atom stereocenters. The van der Waals surface area contributed by atoms with E-state index in [1.54, 1.807) is 16.7 Å². The lowest BCUT2D eigenvalue weighted by Crippen LogP contribution is -2.17. The highest BCUT2D eigenvalue weighted by Gasteiger charge is 2.23. The van der Waals surface area contributed by atoms with Crippen LogP contribution in [0.3, 0.4) is 0 Å². The van der Waals surface area contributed by atoms with Crippen LogP contribution in [0.5, 0.6) is 0 Å². The molecular weight excluding hydrogens is 429 g/mol. The molecule has 0 bridgehead atoms. The molecule has 1 aliphatic rings. The second-order valence-electron chi connectivity index (χ2n) is 7.94. The lowest BCUT2D eigenvalue weighted by atomic mass is 9.89. The van der Waals surface area contributed by atoms with Gasteiger partial charge < -0.3 is 9.73 Å². The van der Waals surface area contributed by atoms with Crippen molar-refractivity contribution in [2.45, 2.75) is 57.1 Å². The largest absolute Gasteiger partial charge is 0.416 e. The number of halogens is 1. The van der Waals surface area contributed by atoms with E-state index in [1.807, 2.05) is 13.8 Å². The molecule has 166 valence electrons. The van der Waals surface area contributed by atoms with E-state index in [-0.39, 0.29) is 17.5 Å². The van der Waals surface area contributed by atoms with Gasteiger partial charge in [-0.25, -0.2) is 4.39 Å². The lowest BCUT2D eigenvalue weighted by molar-refractivity contribution is -0.113. The van der Waals surface area contributed by atoms with Crippen molar-refractivity contribution in [2.24, 2.45) is 0 Å². The van der Waals surface area contributed by atoms with Gasteiger partial charge in [-0.1, -0.05) is 31.0 Å². The maximum atomic E-state index is 13.4. The van der Waals surface area contributed by atoms with Crippen LogP contribution in [0.1, 0.15) is 60.7 Å². The summed E-state index contributed by atoms with van der Waals surface area (Å²) in [6.07, 6.45) is 5.71. The highest BCUT2D eigenvalue weighted by atomic mass is 32.2. The normalized spacial score (nSPS) is 14.3. The number of carbonyl (C=O) groups excluding carboxylic acids is 1. The van der Waals surface area contributed by atoms with Crippen LogP contribution in [0.2, 0.25) is 0 Å². The van der Waals surface area contributed by atoms with Crippen molar-refractivity contribution in [1.29, 1.82) is 5.26 Å². The number of anilines is 1. The van der Waals surface area contributed by atoms with Crippen molar-refractivity contribution >= 4 is 23.5 Å². The summed E-state index contributed by atoms with van der Waals surface area (Å²) >= 11 is 1.17. The molecule has 2 heterocycles. The fourth-order valence-electron chi connectivity index (χ4n) is 4.06. The van der Waals surface area contributed by atoms with Crippen molar-refractivity contribution in [3.05, 3.63) is 52.8 Å². The van der Waals surface area contributed by atoms with Gasteiger partial charge in [0.25, 0.3) is 5.22 Å². The third kappa shape index (κ3) is 4.55. The molecule has 1 fully saturated rings. The zero-order valence-electron chi connectivity index (χ0n) is 18.0. The predicted molar refractivity (Wildman–Crippen MR) is 119 cm³/mol. The number of benzene rings is 1. The van der Waals surface area contributed by atoms with Crippen LogP contribution in [0.4, 0.5) is 10.2 Å². The number of aromatic nitrogens is 3. The highest BCUT2D eigenvalue weighted by Crippen LogP contribution is 2.33. The molecule has 0 atom stereocenters. The molecule has 0 spiro atoms. The summed E-state index contributed by atoms with van der Waals surface area (Å²) in [5.74, 6) is 0.727. The Morgan fingerprint density at radius 3 is 2.66 bits per heavy atom. The molecule has 0 radical (unpaired) electrons. The number of nitriles is 1. The van der Waals surface area contributed by atoms with Crippen molar-refractivity contribution in [3.63, 3.8) is 0 Å². The second kappa shape index (κ2) is 9.57. The molecule has 0 aliphatic heterocycles. The topological polar surface area (TPSA) is 96.7 Å². The van der Waals surface area contributed by atoms with Crippen molar-refractivity contribution in [3.8, 4) is 11.8 Å². The van der Waals surface area contributed by atoms with Crippen LogP contribution >= 0.6 is 11.8 Å². The third-order valence-electron chi connectivity index (χ3n) is 5.87. The summed E-state index contributed by atoms with van der Waals surface area (Å²) in [5, 5.41) is 21.1. The molecule has 4 rings (SSSR count). The SMILES string of the molecule is Cc1c(C#N)c(NC(=O)CSc2nnc(C3CCCCC3)o2)n(-c2ccc(F)cc2)c1C. The van der Waals surface area contributed by atoms with Crippen LogP contribution in [0.25, 0.3) is 5.69 Å². The Hall–Kier alpha value is -3.12. The molecule has 1 aromatic carbocycles. The van der Waals surface area contributed by atoms with Crippen LogP contribution in [-0.4, -0.2) is 26.4 Å². The Labute approximate surface area is 190 Å². The molecule has 1 saturated carbocycles. The van der Waals surface area contributed by atoms with E-state index in [0.29, 0.717) is 34.1 Å². The number of amides is 1. The minimum Gasteiger partial charge on any atom is -0.416 e. The average molecular weight is 454 g/mol. The van der Waals surface area contributed by atoms with Crippen LogP contribution in [0.15, 0.2) is 33.9 Å². The maximum absolute atomic E-state index is 13.4. The van der Waals surface area contributed by atoms with Gasteiger partial charge in [0.15, 0.2) is 0 Å². The number of nitrogens with one attached hydrogen (secondary N) is 1. The molecule has 0 saturated heterocycles. The van der Waals surface area contributed by atoms with E-state index in [1.165, 1.54) is 43.2 Å². The molecule has 3 aromatic rings. The van der Waals surface area contributed by atoms with Gasteiger partial charge in [-0.15, -0.1) is 10.2 Å². The van der Waals surface area contributed by atoms with Gasteiger partial charge in [-0.3, -0.25) is 9.36 Å². The number of hydrogen-bond acceptors (Lipinski definition) is 6. The quantitative estimate of drug-likeness (QED) is 0.511. The van der Waals surface area contributed by atoms with E-state index in [2.05, 4.69) is 21.6 Å². The van der Waals surface area contributed by atoms with E-state index in [9.17, 15) is 14.4 Å². The molecule has 9 heteroatoms. The average Bonchev–Trinajstić information content (AvgIpc) is 3.37. The summed E-state index contributed by atoms with van der Waals surface area (Å²) in [4.78, 5) is 12.7. The highest BCUT2D eigenvalue weighted by molar-refractivity contribution is 7.99. The van der Waals surface area contributed by atoms with Gasteiger partial charge >= 0.3 is 0 Å². The van der Waals surface area contributed by atoms with E-state index in [4.69, 9.17) is 4.42 Å². The summed E-state index contributed by atoms with van der Waals surface area (Å²) in [5.41, 5.74) is 2.59. The zero-order chi connectivity index (χ0) is 22.7. The van der Waals surface area contributed by atoms with E-state index in [0.717, 1.165) is 24.1 Å². The minimum absolute atomic E-state index is 0.0594. The van der Waals surface area contributed by atoms with Gasteiger partial charge in [0, 0.05) is 17.3 Å². The molecular formula is C23H24FN5O2S. The predicted octanol–water partition coefficient (Wildman–Crippen LogP) is 5.27. The smallest absolute Gasteiger partial charge is 0.277 e. The van der Waals surface area contributed by atoms with E-state index < -0.39 is 0 Å². The maximum Gasteiger partial charge on any atom is 0.277 e. The monoisotopic (exact) mass is 453 g/mol. The number of hydrogen-bond donors (Lipinski definition) is 1. The van der Waals surface area contributed by atoms with Crippen LogP contribution in [0, 0.1) is 31.0 Å². The van der Waals surface area contributed by atoms with Crippen LogP contribution < -0.4 is 5.32 Å². The first-order valence-electron chi connectivity index (χ1n) is 10.6. The van der Waals surface area contributed by atoms with Crippen LogP contribution in [-0.2, 0) is 4.79 Å². The lowest BCUT2D eigenvalue weighted by Gasteiger charge is -2.17. The summed E-state index contributed by atoms with van der Waals surface area (Å²) < 4.78 is 20.9. The Morgan fingerprint density at radius 1 is 1.25 bits per heavy atom. The summed E-state index contributed by atoms with van der Waals surface area (Å²) in [6.45, 7) is 3.68. The van der Waals surface area contributed by atoms with E-state index >= 15 is 0 Å². The fourth-order valence-corrected chi connectivity index (χ4v) is 4.63. The molecule has 2 aromatic heterocycles. The molecule has 7 nitrogen and oxygen atoms in total. The minimum atomic E-state index is -0.357. The standard InChI is InChI=1S/C23H24FN5O2S/c1-14-15(2)29(18-10-8-17(24)9-11-18)21(19(14)12-25)26-20(30)13-32-23-28-27-22(31-23)16-6-4-3-5-7-16/h8-11,16H,3-7,13H2,1-2H3,(H,26,30). The number of nitrogens with zero attached hydrogens (tertiary/aromatic N) is 4. The Bertz CT molecular complexity index is 1160. The van der Waals surface area contributed by atoms with Gasteiger partial charge in [-0.05, 0) is 56.5 Å². The second-order valence-corrected chi connectivity index (χ2v) is 8.86. The van der Waals surface area contributed by atoms with Gasteiger partial charge in [0.05, 0.1) is 11.3 Å². The van der Waals surface area contributed by atoms with Crippen molar-refractivity contribution in [2.75, 3.05) is 11.1 Å². The van der Waals surface area contributed by atoms with Crippen molar-refractivity contribution < 1.29 is 13.6 Å². The first kappa shape index (κ1) is 22.1. The Balaban J connectivity index is 1.48. The van der Waals surface area contributed by atoms with Gasteiger partial charge in [0.2, 0.25) is 11.8 Å². The number of carbonyl (C=O) groups is 1. The molecule has 32 heavy (non-hydrogen) atoms. The molecule has 1 N–H and O–H groups in total. The summed E-state index contributed by atoms with van der Waals surface area (Å²) in [6, 6.07) is 8.08. The first-order valence-corrected chi connectivity index (χ1v) is 11.6. The Kier molecular flexibility index (Phi) is 6.61. The van der Waals surface area contributed by atoms with Gasteiger partial charge in [0.1, 0.15) is 17.7 Å². The Morgan fingerprint density at radius 2 is 1.97 bits per heavy atom. The summed E-state index contributed by atoms with van der Waals surface area (Å²) in [7, 11) is 0. The molecule has 1 aliphatic carbocycles. The first-order chi connectivity index (χ1) is 15.5. The fraction of sp³-hybridized carbons (Fsp3) is 0.391. The zero-order valence-corrected chi connectivity index (χ0v) is 18.8. The number of rotatable bonds is 6. The van der Waals surface area contributed by atoms with Crippen molar-refractivity contribution in [1.82, 2.24) is 14.8 Å². The molecule has 1 amide bonds. The van der Waals surface area contributed by atoms with Gasteiger partial charge in [-0.2, -0.15) is 5.26 Å².